The predicted octanol–water partition coefficient (Wildman–Crippen LogP) is 1.14. The van der Waals surface area contributed by atoms with Gasteiger partial charge in [0, 0.05) is 44.3 Å². The van der Waals surface area contributed by atoms with Crippen molar-refractivity contribution in [3.05, 3.63) is 23.5 Å². The Balaban J connectivity index is 1.69. The molecule has 2 aromatic rings. The molecule has 118 valence electrons. The van der Waals surface area contributed by atoms with Crippen LogP contribution in [0.25, 0.3) is 10.2 Å². The second-order valence-electron chi connectivity index (χ2n) is 5.79. The lowest BCUT2D eigenvalue weighted by molar-refractivity contribution is 0.0554. The van der Waals surface area contributed by atoms with Crippen molar-refractivity contribution in [3.63, 3.8) is 0 Å². The molecule has 1 aliphatic rings. The van der Waals surface area contributed by atoms with Crippen LogP contribution >= 0.6 is 11.5 Å². The number of carbonyl (C=O) groups is 1. The second kappa shape index (κ2) is 6.28. The topological polar surface area (TPSA) is 69.6 Å². The van der Waals surface area contributed by atoms with Gasteiger partial charge in [-0.1, -0.05) is 0 Å². The molecule has 6 nitrogen and oxygen atoms in total. The van der Waals surface area contributed by atoms with Gasteiger partial charge in [0.15, 0.2) is 0 Å². The molecule has 1 aliphatic heterocycles. The first-order valence-corrected chi connectivity index (χ1v) is 8.23. The number of β-amino-alcohol motifs (C(OH)–C–C–N with tert-alkyl or cyclic N) is 1. The van der Waals surface area contributed by atoms with E-state index in [-0.39, 0.29) is 12.0 Å². The number of piperazine rings is 1. The summed E-state index contributed by atoms with van der Waals surface area (Å²) in [6, 6.07) is 1.89. The van der Waals surface area contributed by atoms with Gasteiger partial charge in [-0.3, -0.25) is 9.69 Å². The van der Waals surface area contributed by atoms with Gasteiger partial charge in [0.1, 0.15) is 4.83 Å². The molecule has 1 saturated heterocycles. The van der Waals surface area contributed by atoms with Crippen molar-refractivity contribution in [1.82, 2.24) is 19.2 Å². The molecule has 1 unspecified atom stereocenters. The van der Waals surface area contributed by atoms with Crippen LogP contribution in [0.1, 0.15) is 23.0 Å². The molecule has 1 N–H and O–H groups in total. The normalized spacial score (nSPS) is 17.9. The molecule has 1 amide bonds. The molecule has 3 heterocycles. The Morgan fingerprint density at radius 2 is 2.14 bits per heavy atom. The van der Waals surface area contributed by atoms with Gasteiger partial charge < -0.3 is 10.0 Å². The van der Waals surface area contributed by atoms with Crippen molar-refractivity contribution in [2.24, 2.45) is 0 Å². The predicted molar refractivity (Wildman–Crippen MR) is 86.2 cm³/mol. The average Bonchev–Trinajstić information content (AvgIpc) is 2.88. The van der Waals surface area contributed by atoms with Crippen molar-refractivity contribution >= 4 is 27.7 Å². The lowest BCUT2D eigenvalue weighted by Crippen LogP contribution is -2.50. The number of hydrogen-bond donors (Lipinski definition) is 1. The molecule has 2 aromatic heterocycles. The minimum Gasteiger partial charge on any atom is -0.392 e. The first-order valence-electron chi connectivity index (χ1n) is 7.46. The van der Waals surface area contributed by atoms with E-state index in [1.807, 2.05) is 17.9 Å². The highest BCUT2D eigenvalue weighted by molar-refractivity contribution is 7.12. The number of amides is 1. The third-order valence-corrected chi connectivity index (χ3v) is 4.80. The number of nitrogens with zero attached hydrogens (tertiary/aromatic N) is 4. The van der Waals surface area contributed by atoms with Crippen LogP contribution in [0.4, 0.5) is 0 Å². The van der Waals surface area contributed by atoms with Crippen molar-refractivity contribution in [1.29, 1.82) is 0 Å². The van der Waals surface area contributed by atoms with Gasteiger partial charge >= 0.3 is 0 Å². The lowest BCUT2D eigenvalue weighted by atomic mass is 10.1. The molecule has 0 radical (unpaired) electrons. The highest BCUT2D eigenvalue weighted by Crippen LogP contribution is 2.21. The van der Waals surface area contributed by atoms with Crippen LogP contribution in [0.5, 0.6) is 0 Å². The van der Waals surface area contributed by atoms with Gasteiger partial charge in [-0.25, -0.2) is 4.98 Å². The molecule has 3 rings (SSSR count). The fourth-order valence-corrected chi connectivity index (χ4v) is 3.48. The number of carbonyl (C=O) groups excluding carboxylic acids is 1. The number of aromatic nitrogens is 2. The zero-order chi connectivity index (χ0) is 15.7. The monoisotopic (exact) mass is 320 g/mol. The quantitative estimate of drug-likeness (QED) is 0.918. The number of aliphatic hydroxyl groups is 1. The lowest BCUT2D eigenvalue weighted by Gasteiger charge is -2.35. The summed E-state index contributed by atoms with van der Waals surface area (Å²) >= 11 is 1.36. The number of rotatable bonds is 3. The molecule has 0 aromatic carbocycles. The van der Waals surface area contributed by atoms with E-state index in [0.29, 0.717) is 25.2 Å². The van der Waals surface area contributed by atoms with Crippen LogP contribution in [0.15, 0.2) is 12.3 Å². The average molecular weight is 320 g/mol. The third kappa shape index (κ3) is 3.11. The summed E-state index contributed by atoms with van der Waals surface area (Å²) in [5.41, 5.74) is 1.55. The van der Waals surface area contributed by atoms with Crippen molar-refractivity contribution in [2.75, 3.05) is 32.7 Å². The van der Waals surface area contributed by atoms with E-state index in [2.05, 4.69) is 14.3 Å². The summed E-state index contributed by atoms with van der Waals surface area (Å²) in [6.07, 6.45) is 1.31. The first-order chi connectivity index (χ1) is 10.5. The number of fused-ring (bicyclic) bond motifs is 1. The van der Waals surface area contributed by atoms with Gasteiger partial charge in [-0.05, 0) is 31.4 Å². The number of aryl methyl sites for hydroxylation is 1. The third-order valence-electron chi connectivity index (χ3n) is 3.94. The standard InChI is InChI=1S/C15H20N4O2S/c1-10(20)9-18-3-5-19(6-4-18)15(21)12-7-13-11(2)17-22-14(13)16-8-12/h7-8,10,20H,3-6,9H2,1-2H3. The van der Waals surface area contributed by atoms with E-state index < -0.39 is 0 Å². The number of hydrogen-bond acceptors (Lipinski definition) is 6. The van der Waals surface area contributed by atoms with Crippen molar-refractivity contribution < 1.29 is 9.90 Å². The van der Waals surface area contributed by atoms with E-state index in [1.165, 1.54) is 11.5 Å². The Morgan fingerprint density at radius 1 is 1.41 bits per heavy atom. The van der Waals surface area contributed by atoms with Crippen LogP contribution in [-0.2, 0) is 0 Å². The van der Waals surface area contributed by atoms with Crippen molar-refractivity contribution in [3.8, 4) is 0 Å². The Bertz CT molecular complexity index is 677. The minimum atomic E-state index is -0.331. The summed E-state index contributed by atoms with van der Waals surface area (Å²) in [5.74, 6) is 0.0247. The van der Waals surface area contributed by atoms with Crippen LogP contribution in [-0.4, -0.2) is 69.0 Å². The Hall–Kier alpha value is -1.57. The molecule has 1 atom stereocenters. The Kier molecular flexibility index (Phi) is 4.37. The highest BCUT2D eigenvalue weighted by Gasteiger charge is 2.23. The highest BCUT2D eigenvalue weighted by atomic mass is 32.1. The molecule has 7 heteroatoms. The number of pyridine rings is 1. The fraction of sp³-hybridized carbons (Fsp3) is 0.533. The zero-order valence-corrected chi connectivity index (χ0v) is 13.6. The van der Waals surface area contributed by atoms with Crippen LogP contribution in [0, 0.1) is 6.92 Å². The summed E-state index contributed by atoms with van der Waals surface area (Å²) in [6.45, 7) is 7.35. The van der Waals surface area contributed by atoms with Gasteiger partial charge in [0.05, 0.1) is 17.4 Å². The zero-order valence-electron chi connectivity index (χ0n) is 12.8. The molecule has 0 saturated carbocycles. The van der Waals surface area contributed by atoms with Gasteiger partial charge in [0.25, 0.3) is 5.91 Å². The molecule has 22 heavy (non-hydrogen) atoms. The largest absolute Gasteiger partial charge is 0.392 e. The minimum absolute atomic E-state index is 0.0247. The van der Waals surface area contributed by atoms with Gasteiger partial charge in [-0.15, -0.1) is 0 Å². The van der Waals surface area contributed by atoms with E-state index >= 15 is 0 Å². The van der Waals surface area contributed by atoms with E-state index in [0.717, 1.165) is 29.0 Å². The molecule has 1 fully saturated rings. The molecule has 0 aliphatic carbocycles. The maximum atomic E-state index is 12.6. The summed E-state index contributed by atoms with van der Waals surface area (Å²) < 4.78 is 4.27. The van der Waals surface area contributed by atoms with Crippen molar-refractivity contribution in [2.45, 2.75) is 20.0 Å². The van der Waals surface area contributed by atoms with Crippen LogP contribution in [0.3, 0.4) is 0 Å². The smallest absolute Gasteiger partial charge is 0.255 e. The summed E-state index contributed by atoms with van der Waals surface area (Å²) in [4.78, 5) is 21.9. The van der Waals surface area contributed by atoms with Crippen LogP contribution in [0.2, 0.25) is 0 Å². The maximum absolute atomic E-state index is 12.6. The van der Waals surface area contributed by atoms with Gasteiger partial charge in [0.2, 0.25) is 0 Å². The SMILES string of the molecule is Cc1nsc2ncc(C(=O)N3CCN(CC(C)O)CC3)cc12. The maximum Gasteiger partial charge on any atom is 0.255 e. The Labute approximate surface area is 133 Å². The van der Waals surface area contributed by atoms with E-state index in [1.54, 1.807) is 13.1 Å². The first kappa shape index (κ1) is 15.3. The van der Waals surface area contributed by atoms with E-state index in [4.69, 9.17) is 0 Å². The molecule has 0 bridgehead atoms. The summed E-state index contributed by atoms with van der Waals surface area (Å²) in [5, 5.41) is 10.4. The fourth-order valence-electron chi connectivity index (χ4n) is 2.75. The number of aliphatic hydroxyl groups excluding tert-OH is 1. The summed E-state index contributed by atoms with van der Waals surface area (Å²) in [7, 11) is 0. The van der Waals surface area contributed by atoms with Crippen LogP contribution < -0.4 is 0 Å². The van der Waals surface area contributed by atoms with E-state index in [9.17, 15) is 9.90 Å². The Morgan fingerprint density at radius 3 is 2.82 bits per heavy atom. The molecule has 0 spiro atoms. The van der Waals surface area contributed by atoms with Gasteiger partial charge in [-0.2, -0.15) is 4.37 Å². The molecular formula is C15H20N4O2S. The molecular weight excluding hydrogens is 300 g/mol. The second-order valence-corrected chi connectivity index (χ2v) is 6.54.